The fourth-order valence-electron chi connectivity index (χ4n) is 2.65. The molecule has 0 fully saturated rings. The third-order valence-electron chi connectivity index (χ3n) is 3.99. The van der Waals surface area contributed by atoms with E-state index >= 15 is 0 Å². The molecule has 5 heteroatoms. The first-order valence-electron chi connectivity index (χ1n) is 8.99. The van der Waals surface area contributed by atoms with E-state index in [2.05, 4.69) is 6.92 Å². The van der Waals surface area contributed by atoms with Gasteiger partial charge in [-0.15, -0.1) is 0 Å². The maximum absolute atomic E-state index is 10.3. The van der Waals surface area contributed by atoms with Crippen LogP contribution in [-0.2, 0) is 4.79 Å². The molecule has 0 heterocycles. The summed E-state index contributed by atoms with van der Waals surface area (Å²) >= 11 is 0. The van der Waals surface area contributed by atoms with E-state index in [1.165, 1.54) is 83.5 Å². The summed E-state index contributed by atoms with van der Waals surface area (Å²) in [6.07, 6.45) is 20.2. The molecule has 0 saturated heterocycles. The zero-order chi connectivity index (χ0) is 14.9. The van der Waals surface area contributed by atoms with Crippen LogP contribution in [0.1, 0.15) is 110 Å². The third-order valence-corrected chi connectivity index (χ3v) is 3.99. The number of hydrogen-bond acceptors (Lipinski definition) is 1. The molecule has 0 rings (SSSR count). The molecule has 0 aliphatic heterocycles. The molecule has 1 N–H and O–H groups in total. The molecule has 0 aromatic carbocycles. The van der Waals surface area contributed by atoms with Crippen molar-refractivity contribution >= 4 is 119 Å². The van der Waals surface area contributed by atoms with Gasteiger partial charge < -0.3 is 5.11 Å². The molecular weight excluding hydrogens is 368 g/mol. The van der Waals surface area contributed by atoms with Gasteiger partial charge in [0.2, 0.25) is 0 Å². The molecular formula is C18H42Ca3O2. The van der Waals surface area contributed by atoms with Crippen molar-refractivity contribution in [2.24, 2.45) is 0 Å². The Kier molecular flexibility index (Phi) is 44.1. The number of rotatable bonds is 16. The fraction of sp³-hybridized carbons (Fsp3) is 0.944. The molecule has 0 atom stereocenters. The van der Waals surface area contributed by atoms with E-state index in [-0.39, 0.29) is 113 Å². The van der Waals surface area contributed by atoms with Crippen LogP contribution in [-0.4, -0.2) is 124 Å². The van der Waals surface area contributed by atoms with Crippen LogP contribution < -0.4 is 0 Å². The van der Waals surface area contributed by atoms with Gasteiger partial charge in [-0.1, -0.05) is 96.8 Å². The van der Waals surface area contributed by atoms with Crippen molar-refractivity contribution in [1.82, 2.24) is 0 Å². The van der Waals surface area contributed by atoms with Crippen molar-refractivity contribution in [1.29, 1.82) is 0 Å². The van der Waals surface area contributed by atoms with Crippen LogP contribution in [0.2, 0.25) is 0 Å². The van der Waals surface area contributed by atoms with E-state index in [9.17, 15) is 4.79 Å². The Hall–Kier alpha value is 3.25. The predicted octanol–water partition coefficient (Wildman–Crippen LogP) is 3.58. The predicted molar refractivity (Wildman–Crippen MR) is 113 cm³/mol. The van der Waals surface area contributed by atoms with Gasteiger partial charge in [0.05, 0.1) is 0 Å². The average molecular weight is 411 g/mol. The number of carboxylic acid groups (broad SMARTS) is 1. The second kappa shape index (κ2) is 30.0. The Morgan fingerprint density at radius 2 is 0.826 bits per heavy atom. The minimum absolute atomic E-state index is 0. The van der Waals surface area contributed by atoms with Gasteiger partial charge in [0, 0.05) is 6.42 Å². The first kappa shape index (κ1) is 33.8. The van der Waals surface area contributed by atoms with Crippen LogP contribution in [0.4, 0.5) is 0 Å². The molecule has 0 aromatic heterocycles. The van der Waals surface area contributed by atoms with Crippen molar-refractivity contribution in [2.75, 3.05) is 0 Å². The van der Waals surface area contributed by atoms with Gasteiger partial charge in [-0.3, -0.25) is 4.79 Å². The molecule has 0 radical (unpaired) electrons. The second-order valence-corrected chi connectivity index (χ2v) is 6.09. The molecule has 0 spiro atoms. The van der Waals surface area contributed by atoms with Crippen molar-refractivity contribution in [2.45, 2.75) is 110 Å². The SMILES string of the molecule is CCCCCCCCCCCCCCCCCC(=O)O.[CaH2].[CaH2].[CaH2]. The van der Waals surface area contributed by atoms with Gasteiger partial charge in [0.1, 0.15) is 0 Å². The van der Waals surface area contributed by atoms with Crippen LogP contribution in [0.3, 0.4) is 0 Å². The van der Waals surface area contributed by atoms with Crippen molar-refractivity contribution in [3.8, 4) is 0 Å². The Labute approximate surface area is 234 Å². The normalized spacial score (nSPS) is 9.43. The topological polar surface area (TPSA) is 37.3 Å². The standard InChI is InChI=1S/C18H36O2.3Ca.6H/c1-2-3-4-5-6-7-8-9-10-11-12-13-14-15-16-17-18(19)20;;;;;;;;;/h2-17H2,1H3,(H,19,20);;;;;;;;;. The van der Waals surface area contributed by atoms with Crippen molar-refractivity contribution in [3.63, 3.8) is 0 Å². The number of unbranched alkanes of at least 4 members (excludes halogenated alkanes) is 14. The molecule has 132 valence electrons. The summed E-state index contributed by atoms with van der Waals surface area (Å²) in [4.78, 5) is 10.3. The zero-order valence-electron chi connectivity index (χ0n) is 13.7. The first-order valence-corrected chi connectivity index (χ1v) is 8.99. The van der Waals surface area contributed by atoms with E-state index in [1.807, 2.05) is 0 Å². The monoisotopic (exact) mass is 410 g/mol. The molecule has 0 bridgehead atoms. The summed E-state index contributed by atoms with van der Waals surface area (Å²) in [7, 11) is 0. The van der Waals surface area contributed by atoms with Crippen LogP contribution >= 0.6 is 0 Å². The Bertz CT molecular complexity index is 214. The van der Waals surface area contributed by atoms with Gasteiger partial charge in [0.25, 0.3) is 0 Å². The zero-order valence-corrected chi connectivity index (χ0v) is 13.7. The van der Waals surface area contributed by atoms with Gasteiger partial charge in [-0.05, 0) is 6.42 Å². The number of hydrogen-bond donors (Lipinski definition) is 1. The summed E-state index contributed by atoms with van der Waals surface area (Å²) in [6.45, 7) is 2.27. The van der Waals surface area contributed by atoms with Crippen LogP contribution in [0.15, 0.2) is 0 Å². The Morgan fingerprint density at radius 1 is 0.565 bits per heavy atom. The fourth-order valence-corrected chi connectivity index (χ4v) is 2.65. The molecule has 0 aromatic rings. The molecule has 2 nitrogen and oxygen atoms in total. The third kappa shape index (κ3) is 33.3. The number of carbonyl (C=O) groups is 1. The summed E-state index contributed by atoms with van der Waals surface area (Å²) < 4.78 is 0. The van der Waals surface area contributed by atoms with Crippen LogP contribution in [0.25, 0.3) is 0 Å². The van der Waals surface area contributed by atoms with E-state index < -0.39 is 5.97 Å². The summed E-state index contributed by atoms with van der Waals surface area (Å²) in [6, 6.07) is 0. The number of aliphatic carboxylic acids is 1. The van der Waals surface area contributed by atoms with E-state index in [0.717, 1.165) is 12.8 Å². The van der Waals surface area contributed by atoms with Gasteiger partial charge in [0.15, 0.2) is 0 Å². The van der Waals surface area contributed by atoms with E-state index in [1.54, 1.807) is 0 Å². The summed E-state index contributed by atoms with van der Waals surface area (Å²) in [5, 5.41) is 8.52. The summed E-state index contributed by atoms with van der Waals surface area (Å²) in [5.41, 5.74) is 0. The van der Waals surface area contributed by atoms with Crippen molar-refractivity contribution in [3.05, 3.63) is 0 Å². The summed E-state index contributed by atoms with van der Waals surface area (Å²) in [5.74, 6) is -0.653. The van der Waals surface area contributed by atoms with Gasteiger partial charge in [-0.25, -0.2) is 0 Å². The molecule has 0 saturated carbocycles. The molecule has 0 aliphatic carbocycles. The molecule has 0 unspecified atom stereocenters. The van der Waals surface area contributed by atoms with E-state index in [4.69, 9.17) is 5.11 Å². The van der Waals surface area contributed by atoms with Crippen LogP contribution in [0, 0.1) is 0 Å². The molecule has 23 heavy (non-hydrogen) atoms. The second-order valence-electron chi connectivity index (χ2n) is 6.09. The Morgan fingerprint density at radius 3 is 1.09 bits per heavy atom. The molecule has 0 amide bonds. The minimum atomic E-state index is -0.653. The maximum atomic E-state index is 10.3. The number of carboxylic acids is 1. The van der Waals surface area contributed by atoms with Gasteiger partial charge >= 0.3 is 119 Å². The first-order chi connectivity index (χ1) is 9.77. The van der Waals surface area contributed by atoms with Gasteiger partial charge in [-0.2, -0.15) is 0 Å². The van der Waals surface area contributed by atoms with E-state index in [0.29, 0.717) is 6.42 Å². The van der Waals surface area contributed by atoms with Crippen LogP contribution in [0.5, 0.6) is 0 Å². The average Bonchev–Trinajstić information content (AvgIpc) is 2.43. The quantitative estimate of drug-likeness (QED) is 0.312. The van der Waals surface area contributed by atoms with Crippen molar-refractivity contribution < 1.29 is 9.90 Å². The Balaban J connectivity index is -0.000000602. The molecule has 0 aliphatic rings.